The van der Waals surface area contributed by atoms with E-state index in [0.29, 0.717) is 25.4 Å². The van der Waals surface area contributed by atoms with Crippen molar-refractivity contribution in [2.45, 2.75) is 102 Å². The Labute approximate surface area is 284 Å². The third-order valence-corrected chi connectivity index (χ3v) is 8.98. The van der Waals surface area contributed by atoms with E-state index in [9.17, 15) is 14.7 Å². The van der Waals surface area contributed by atoms with E-state index in [2.05, 4.69) is 37.6 Å². The number of carbonyl (C=O) groups is 2. The van der Waals surface area contributed by atoms with Gasteiger partial charge in [-0.3, -0.25) is 4.79 Å². The van der Waals surface area contributed by atoms with Gasteiger partial charge in [-0.05, 0) is 81.7 Å². The summed E-state index contributed by atoms with van der Waals surface area (Å²) >= 11 is 0. The van der Waals surface area contributed by atoms with Gasteiger partial charge in [0.05, 0.1) is 12.1 Å². The third kappa shape index (κ3) is 13.4. The molecule has 0 spiro atoms. The van der Waals surface area contributed by atoms with Gasteiger partial charge in [-0.25, -0.2) is 19.7 Å². The number of carboxylic acid groups (broad SMARTS) is 2. The van der Waals surface area contributed by atoms with Crippen molar-refractivity contribution >= 4 is 34.5 Å². The molecule has 0 saturated carbocycles. The number of pyridine rings is 1. The molecule has 0 aliphatic carbocycles. The number of nitrogens with one attached hydrogen (secondary N) is 2. The van der Waals surface area contributed by atoms with Crippen LogP contribution >= 0.6 is 0 Å². The molecule has 0 amide bonds. The Morgan fingerprint density at radius 1 is 0.875 bits per heavy atom. The second kappa shape index (κ2) is 21.2. The molecule has 4 N–H and O–H groups in total. The first kappa shape index (κ1) is 37.0. The minimum atomic E-state index is -0.902. The summed E-state index contributed by atoms with van der Waals surface area (Å²) in [5.74, 6) is -0.0354. The van der Waals surface area contributed by atoms with Gasteiger partial charge >= 0.3 is 11.9 Å². The second-order valence-corrected chi connectivity index (χ2v) is 12.8. The molecule has 0 saturated heterocycles. The number of hydrogen-bond acceptors (Lipinski definition) is 9. The third-order valence-electron chi connectivity index (χ3n) is 8.98. The molecule has 1 unspecified atom stereocenters. The molecule has 2 aromatic heterocycles. The van der Waals surface area contributed by atoms with E-state index in [1.165, 1.54) is 24.7 Å². The van der Waals surface area contributed by atoms with E-state index < -0.39 is 18.0 Å². The molecule has 1 aromatic carbocycles. The number of rotatable bonds is 25. The molecule has 11 heteroatoms. The predicted octanol–water partition coefficient (Wildman–Crippen LogP) is 6.58. The van der Waals surface area contributed by atoms with Gasteiger partial charge in [-0.15, -0.1) is 0 Å². The zero-order valence-electron chi connectivity index (χ0n) is 28.4. The van der Waals surface area contributed by atoms with Gasteiger partial charge in [0.25, 0.3) is 0 Å². The largest absolute Gasteiger partial charge is 0.481 e. The number of anilines is 2. The predicted molar refractivity (Wildman–Crippen MR) is 190 cm³/mol. The molecule has 262 valence electrons. The number of nitrogens with zero attached hydrogens (tertiary/aromatic N) is 4. The Kier molecular flexibility index (Phi) is 16.3. The van der Waals surface area contributed by atoms with Gasteiger partial charge in [0.2, 0.25) is 0 Å². The maximum Gasteiger partial charge on any atom is 0.326 e. The van der Waals surface area contributed by atoms with E-state index in [4.69, 9.17) is 14.8 Å². The molecule has 1 atom stereocenters. The van der Waals surface area contributed by atoms with Gasteiger partial charge in [0.15, 0.2) is 0 Å². The van der Waals surface area contributed by atoms with Crippen LogP contribution in [0.25, 0.3) is 10.9 Å². The molecule has 0 bridgehead atoms. The van der Waals surface area contributed by atoms with Crippen LogP contribution in [-0.4, -0.2) is 87.4 Å². The van der Waals surface area contributed by atoms with Crippen molar-refractivity contribution in [3.8, 4) is 0 Å². The topological polar surface area (TPSA) is 150 Å². The van der Waals surface area contributed by atoms with Gasteiger partial charge in [-0.2, -0.15) is 0 Å². The smallest absolute Gasteiger partial charge is 0.326 e. The second-order valence-electron chi connectivity index (χ2n) is 12.8. The molecule has 1 aliphatic heterocycles. The molecular formula is C37H54N6O5. The van der Waals surface area contributed by atoms with Crippen LogP contribution in [0.3, 0.4) is 0 Å². The van der Waals surface area contributed by atoms with Crippen LogP contribution in [0.2, 0.25) is 0 Å². The van der Waals surface area contributed by atoms with Crippen LogP contribution < -0.4 is 10.6 Å². The Morgan fingerprint density at radius 3 is 2.48 bits per heavy atom. The molecule has 11 nitrogen and oxygen atoms in total. The van der Waals surface area contributed by atoms with Crippen molar-refractivity contribution in [3.05, 3.63) is 54.0 Å². The van der Waals surface area contributed by atoms with E-state index in [1.807, 2.05) is 24.3 Å². The molecule has 4 rings (SSSR count). The van der Waals surface area contributed by atoms with Crippen LogP contribution in [-0.2, 0) is 27.2 Å². The summed E-state index contributed by atoms with van der Waals surface area (Å²) in [5.41, 5.74) is 3.19. The van der Waals surface area contributed by atoms with Gasteiger partial charge < -0.3 is 30.5 Å². The maximum atomic E-state index is 12.3. The number of hydrogen-bond donors (Lipinski definition) is 4. The highest BCUT2D eigenvalue weighted by molar-refractivity contribution is 5.90. The van der Waals surface area contributed by atoms with Crippen molar-refractivity contribution in [2.24, 2.45) is 0 Å². The highest BCUT2D eigenvalue weighted by Gasteiger charge is 2.20. The fraction of sp³-hybridized carbons (Fsp3) is 0.595. The number of aromatic nitrogens is 3. The fourth-order valence-electron chi connectivity index (χ4n) is 6.18. The molecule has 48 heavy (non-hydrogen) atoms. The van der Waals surface area contributed by atoms with E-state index in [1.54, 1.807) is 0 Å². The van der Waals surface area contributed by atoms with Crippen LogP contribution in [0.5, 0.6) is 0 Å². The summed E-state index contributed by atoms with van der Waals surface area (Å²) < 4.78 is 6.01. The van der Waals surface area contributed by atoms with Crippen LogP contribution in [0.4, 0.5) is 11.6 Å². The lowest BCUT2D eigenvalue weighted by molar-refractivity contribution is -0.138. The zero-order chi connectivity index (χ0) is 33.8. The van der Waals surface area contributed by atoms with Gasteiger partial charge in [0.1, 0.15) is 24.0 Å². The standard InChI is InChI=1S/C37H54N6O5/c44-34(45)18-7-5-3-1-2-4-6-12-26-48-27-25-43(23-11-10-15-30-20-19-29-14-13-22-38-35(29)41-30)24-21-33(37(46)47)42-36-31-16-8-9-17-32(31)39-28-40-36/h8-9,16-17,19-20,28,33H,1-7,10-15,18,21-27H2,(H,38,41)(H,44,45)(H,46,47)(H,39,40,42). The summed E-state index contributed by atoms with van der Waals surface area (Å²) in [6, 6.07) is 11.2. The zero-order valence-corrected chi connectivity index (χ0v) is 28.4. The normalized spacial score (nSPS) is 13.3. The van der Waals surface area contributed by atoms with Gasteiger partial charge in [0, 0.05) is 43.7 Å². The molecular weight excluding hydrogens is 608 g/mol. The van der Waals surface area contributed by atoms with Crippen molar-refractivity contribution in [1.82, 2.24) is 19.9 Å². The maximum absolute atomic E-state index is 12.3. The van der Waals surface area contributed by atoms with E-state index in [0.717, 1.165) is 119 Å². The molecule has 3 heterocycles. The van der Waals surface area contributed by atoms with E-state index >= 15 is 0 Å². The fourth-order valence-corrected chi connectivity index (χ4v) is 6.18. The quantitative estimate of drug-likeness (QED) is 0.0729. The summed E-state index contributed by atoms with van der Waals surface area (Å²) in [7, 11) is 0. The van der Waals surface area contributed by atoms with Gasteiger partial charge in [-0.1, -0.05) is 56.7 Å². The number of para-hydroxylation sites is 1. The lowest BCUT2D eigenvalue weighted by Gasteiger charge is -2.25. The van der Waals surface area contributed by atoms with E-state index in [-0.39, 0.29) is 6.42 Å². The van der Waals surface area contributed by atoms with Crippen LogP contribution in [0.1, 0.15) is 94.7 Å². The minimum absolute atomic E-state index is 0.275. The summed E-state index contributed by atoms with van der Waals surface area (Å²) in [5, 5.41) is 26.2. The van der Waals surface area contributed by atoms with Crippen LogP contribution in [0, 0.1) is 0 Å². The molecule has 3 aromatic rings. The Bertz CT molecular complexity index is 1400. The monoisotopic (exact) mass is 662 g/mol. The molecule has 0 radical (unpaired) electrons. The molecule has 1 aliphatic rings. The number of unbranched alkanes of at least 4 members (excludes halogenated alkanes) is 8. The highest BCUT2D eigenvalue weighted by atomic mass is 16.5. The number of carboxylic acids is 2. The number of benzene rings is 1. The highest BCUT2D eigenvalue weighted by Crippen LogP contribution is 2.21. The average Bonchev–Trinajstić information content (AvgIpc) is 3.09. The van der Waals surface area contributed by atoms with Crippen molar-refractivity contribution < 1.29 is 24.5 Å². The number of aliphatic carboxylic acids is 2. The first-order valence-corrected chi connectivity index (χ1v) is 17.9. The van der Waals surface area contributed by atoms with Crippen molar-refractivity contribution in [2.75, 3.05) is 50.0 Å². The number of fused-ring (bicyclic) bond motifs is 2. The number of aryl methyl sites for hydroxylation is 2. The number of ether oxygens (including phenoxy) is 1. The minimum Gasteiger partial charge on any atom is -0.481 e. The van der Waals surface area contributed by atoms with Crippen molar-refractivity contribution in [3.63, 3.8) is 0 Å². The lowest BCUT2D eigenvalue weighted by atomic mass is 10.1. The summed E-state index contributed by atoms with van der Waals surface area (Å²) in [4.78, 5) is 38.7. The average molecular weight is 663 g/mol. The SMILES string of the molecule is O=C(O)CCCCCCCCCCOCCN(CCCCc1ccc2c(n1)NCCC2)CCC(Nc1ncnc2ccccc12)C(=O)O. The molecule has 0 fully saturated rings. The summed E-state index contributed by atoms with van der Waals surface area (Å²) in [6.07, 6.45) is 15.9. The lowest BCUT2D eigenvalue weighted by Crippen LogP contribution is -2.37. The first-order chi connectivity index (χ1) is 23.5. The van der Waals surface area contributed by atoms with Crippen LogP contribution in [0.15, 0.2) is 42.7 Å². The van der Waals surface area contributed by atoms with Crippen molar-refractivity contribution in [1.29, 1.82) is 0 Å². The summed E-state index contributed by atoms with van der Waals surface area (Å²) in [6.45, 7) is 4.57. The Morgan fingerprint density at radius 2 is 1.67 bits per heavy atom. The Balaban J connectivity index is 1.20. The Hall–Kier alpha value is -3.83. The first-order valence-electron chi connectivity index (χ1n) is 17.9.